The van der Waals surface area contributed by atoms with Crippen LogP contribution in [0.1, 0.15) is 23.3 Å². The van der Waals surface area contributed by atoms with Crippen LogP contribution in [-0.4, -0.2) is 49.6 Å². The minimum Gasteiger partial charge on any atom is -0.350 e. The molecule has 7 nitrogen and oxygen atoms in total. The summed E-state index contributed by atoms with van der Waals surface area (Å²) in [7, 11) is -3.52. The molecule has 0 radical (unpaired) electrons. The lowest BCUT2D eigenvalue weighted by Crippen LogP contribution is -2.38. The first-order valence-electron chi connectivity index (χ1n) is 7.63. The molecule has 3 heterocycles. The number of sulfone groups is 1. The maximum atomic E-state index is 12.4. The van der Waals surface area contributed by atoms with Crippen molar-refractivity contribution in [3.63, 3.8) is 0 Å². The summed E-state index contributed by atoms with van der Waals surface area (Å²) in [5.74, 6) is 0.0603. The number of carbonyl (C=O) groups is 1. The first kappa shape index (κ1) is 15.9. The summed E-state index contributed by atoms with van der Waals surface area (Å²) in [5.41, 5.74) is 0.641. The van der Waals surface area contributed by atoms with E-state index in [2.05, 4.69) is 15.6 Å². The van der Waals surface area contributed by atoms with Crippen LogP contribution in [-0.2, 0) is 9.84 Å². The number of nitrogens with one attached hydrogen (secondary N) is 2. The largest absolute Gasteiger partial charge is 0.350 e. The maximum absolute atomic E-state index is 12.4. The molecule has 1 fully saturated rings. The molecule has 2 N–H and O–H groups in total. The zero-order valence-corrected chi connectivity index (χ0v) is 13.8. The molecule has 1 unspecified atom stereocenters. The number of nitrogens with zero attached hydrogens (tertiary/aromatic N) is 2. The third-order valence-electron chi connectivity index (χ3n) is 4.01. The van der Waals surface area contributed by atoms with Crippen LogP contribution < -0.4 is 10.6 Å². The Bertz CT molecular complexity index is 822. The molecule has 0 bridgehead atoms. The lowest BCUT2D eigenvalue weighted by molar-refractivity contribution is 0.0941. The Morgan fingerprint density at radius 3 is 3.00 bits per heavy atom. The number of hydrogen-bond donors (Lipinski definition) is 2. The van der Waals surface area contributed by atoms with Crippen molar-refractivity contribution in [2.24, 2.45) is 5.92 Å². The molecular weight excluding hydrogens is 316 g/mol. The van der Waals surface area contributed by atoms with Crippen molar-refractivity contribution < 1.29 is 13.2 Å². The van der Waals surface area contributed by atoms with Gasteiger partial charge in [0.25, 0.3) is 5.91 Å². The van der Waals surface area contributed by atoms with Gasteiger partial charge in [0.1, 0.15) is 0 Å². The number of hydrogen-bond acceptors (Lipinski definition) is 5. The topological polar surface area (TPSA) is 92.6 Å². The molecule has 1 atom stereocenters. The molecule has 0 spiro atoms. The second-order valence-electron chi connectivity index (χ2n) is 5.89. The average molecular weight is 336 g/mol. The predicted octanol–water partition coefficient (Wildman–Crippen LogP) is 0.467. The Labute approximate surface area is 135 Å². The smallest absolute Gasteiger partial charge is 0.272 e. The van der Waals surface area contributed by atoms with Crippen LogP contribution in [0, 0.1) is 5.92 Å². The number of carbonyl (C=O) groups excluding carboxylic acids is 1. The van der Waals surface area contributed by atoms with Crippen LogP contribution in [0.4, 0.5) is 0 Å². The third-order valence-corrected chi connectivity index (χ3v) is 4.96. The van der Waals surface area contributed by atoms with Crippen LogP contribution in [0.5, 0.6) is 0 Å². The Morgan fingerprint density at radius 2 is 2.30 bits per heavy atom. The van der Waals surface area contributed by atoms with Crippen LogP contribution >= 0.6 is 0 Å². The Hall–Kier alpha value is -1.93. The van der Waals surface area contributed by atoms with Crippen LogP contribution in [0.3, 0.4) is 0 Å². The van der Waals surface area contributed by atoms with E-state index in [0.717, 1.165) is 32.2 Å². The van der Waals surface area contributed by atoms with Crippen LogP contribution in [0.15, 0.2) is 29.6 Å². The zero-order valence-electron chi connectivity index (χ0n) is 12.9. The Balaban J connectivity index is 1.85. The van der Waals surface area contributed by atoms with Crippen molar-refractivity contribution in [2.75, 3.05) is 25.9 Å². The molecule has 0 saturated carbocycles. The van der Waals surface area contributed by atoms with Crippen molar-refractivity contribution in [3.05, 3.63) is 30.1 Å². The van der Waals surface area contributed by atoms with Crippen molar-refractivity contribution >= 4 is 21.3 Å². The molecule has 1 aliphatic rings. The number of fused-ring (bicyclic) bond motifs is 1. The number of aromatic nitrogens is 2. The molecule has 2 aromatic heterocycles. The van der Waals surface area contributed by atoms with E-state index in [1.54, 1.807) is 24.4 Å². The predicted molar refractivity (Wildman–Crippen MR) is 86.2 cm³/mol. The zero-order chi connectivity index (χ0) is 16.4. The van der Waals surface area contributed by atoms with Gasteiger partial charge in [-0.3, -0.25) is 9.20 Å². The Morgan fingerprint density at radius 1 is 1.48 bits per heavy atom. The highest BCUT2D eigenvalue weighted by Crippen LogP contribution is 2.17. The number of pyridine rings is 1. The van der Waals surface area contributed by atoms with Gasteiger partial charge in [-0.05, 0) is 44.0 Å². The van der Waals surface area contributed by atoms with E-state index in [-0.39, 0.29) is 16.8 Å². The maximum Gasteiger partial charge on any atom is 0.272 e. The minimum atomic E-state index is -3.52. The molecular formula is C15H20N4O3S. The summed E-state index contributed by atoms with van der Waals surface area (Å²) in [6.45, 7) is 2.47. The molecule has 0 aliphatic carbocycles. The molecule has 1 aliphatic heterocycles. The van der Waals surface area contributed by atoms with Gasteiger partial charge in [-0.15, -0.1) is 0 Å². The van der Waals surface area contributed by atoms with E-state index in [9.17, 15) is 13.2 Å². The summed E-state index contributed by atoms with van der Waals surface area (Å²) < 4.78 is 25.2. The van der Waals surface area contributed by atoms with Crippen molar-refractivity contribution in [3.8, 4) is 0 Å². The fourth-order valence-electron chi connectivity index (χ4n) is 2.86. The lowest BCUT2D eigenvalue weighted by Gasteiger charge is -2.22. The summed E-state index contributed by atoms with van der Waals surface area (Å²) >= 11 is 0. The lowest BCUT2D eigenvalue weighted by atomic mass is 10.00. The summed E-state index contributed by atoms with van der Waals surface area (Å²) in [6.07, 6.45) is 4.86. The van der Waals surface area contributed by atoms with Gasteiger partial charge in [0, 0.05) is 19.0 Å². The van der Waals surface area contributed by atoms with Crippen molar-refractivity contribution in [1.29, 1.82) is 0 Å². The fourth-order valence-corrected chi connectivity index (χ4v) is 3.63. The highest BCUT2D eigenvalue weighted by molar-refractivity contribution is 7.90. The summed E-state index contributed by atoms with van der Waals surface area (Å²) in [6, 6.07) is 5.16. The third kappa shape index (κ3) is 3.37. The SMILES string of the molecule is CS(=O)(=O)c1nc(C(=O)NCC2CCCNC2)c2ccccn12. The Kier molecular flexibility index (Phi) is 4.36. The van der Waals surface area contributed by atoms with E-state index in [1.165, 1.54) is 4.40 Å². The van der Waals surface area contributed by atoms with Crippen LogP contribution in [0.2, 0.25) is 0 Å². The second kappa shape index (κ2) is 6.29. The fraction of sp³-hybridized carbons (Fsp3) is 0.467. The van der Waals surface area contributed by atoms with Gasteiger partial charge in [-0.2, -0.15) is 0 Å². The molecule has 2 aromatic rings. The molecule has 23 heavy (non-hydrogen) atoms. The molecule has 0 aromatic carbocycles. The van der Waals surface area contributed by atoms with Gasteiger partial charge < -0.3 is 10.6 Å². The second-order valence-corrected chi connectivity index (χ2v) is 7.80. The van der Waals surface area contributed by atoms with Crippen molar-refractivity contribution in [1.82, 2.24) is 20.0 Å². The number of piperidine rings is 1. The van der Waals surface area contributed by atoms with Gasteiger partial charge in [-0.1, -0.05) is 6.07 Å². The average Bonchev–Trinajstić information content (AvgIpc) is 2.93. The van der Waals surface area contributed by atoms with E-state index in [1.807, 2.05) is 0 Å². The van der Waals surface area contributed by atoms with Gasteiger partial charge in [0.2, 0.25) is 15.0 Å². The van der Waals surface area contributed by atoms with Gasteiger partial charge in [-0.25, -0.2) is 13.4 Å². The standard InChI is InChI=1S/C15H20N4O3S/c1-23(21,22)15-18-13(12-6-2-3-8-19(12)15)14(20)17-10-11-5-4-7-16-9-11/h2-3,6,8,11,16H,4-5,7,9-10H2,1H3,(H,17,20). The first-order valence-corrected chi connectivity index (χ1v) is 9.52. The molecule has 124 valence electrons. The quantitative estimate of drug-likeness (QED) is 0.846. The minimum absolute atomic E-state index is 0.113. The number of amides is 1. The summed E-state index contributed by atoms with van der Waals surface area (Å²) in [4.78, 5) is 16.5. The van der Waals surface area contributed by atoms with Crippen LogP contribution in [0.25, 0.3) is 5.52 Å². The van der Waals surface area contributed by atoms with Gasteiger partial charge in [0.05, 0.1) is 5.52 Å². The van der Waals surface area contributed by atoms with E-state index in [4.69, 9.17) is 0 Å². The molecule has 1 saturated heterocycles. The molecule has 8 heteroatoms. The summed E-state index contributed by atoms with van der Waals surface area (Å²) in [5, 5.41) is 6.06. The van der Waals surface area contributed by atoms with E-state index < -0.39 is 9.84 Å². The van der Waals surface area contributed by atoms with Gasteiger partial charge in [0.15, 0.2) is 5.69 Å². The number of rotatable bonds is 4. The number of imidazole rings is 1. The normalized spacial score (nSPS) is 18.9. The highest BCUT2D eigenvalue weighted by Gasteiger charge is 2.23. The van der Waals surface area contributed by atoms with Gasteiger partial charge >= 0.3 is 0 Å². The molecule has 1 amide bonds. The van der Waals surface area contributed by atoms with E-state index in [0.29, 0.717) is 18.0 Å². The molecule has 3 rings (SSSR count). The van der Waals surface area contributed by atoms with Crippen molar-refractivity contribution in [2.45, 2.75) is 18.0 Å². The monoisotopic (exact) mass is 336 g/mol. The van der Waals surface area contributed by atoms with E-state index >= 15 is 0 Å². The highest BCUT2D eigenvalue weighted by atomic mass is 32.2. The first-order chi connectivity index (χ1) is 11.0.